The van der Waals surface area contributed by atoms with Crippen LogP contribution in [0.4, 0.5) is 10.6 Å². The highest BCUT2D eigenvalue weighted by molar-refractivity contribution is 7.39. The molecule has 4 unspecified atom stereocenters. The predicted octanol–water partition coefficient (Wildman–Crippen LogP) is 1.37. The van der Waals surface area contributed by atoms with Crippen molar-refractivity contribution in [1.82, 2.24) is 25.5 Å². The van der Waals surface area contributed by atoms with Crippen molar-refractivity contribution in [3.63, 3.8) is 0 Å². The molecular formula is C31H41N6O11P. The van der Waals surface area contributed by atoms with Gasteiger partial charge in [-0.15, -0.1) is 0 Å². The maximum atomic E-state index is 14.1. The lowest BCUT2D eigenvalue weighted by atomic mass is 10.0. The van der Waals surface area contributed by atoms with Crippen LogP contribution >= 0.6 is 8.03 Å². The average Bonchev–Trinajstić information content (AvgIpc) is 3.57. The third-order valence-corrected chi connectivity index (χ3v) is 8.82. The highest BCUT2D eigenvalue weighted by Gasteiger charge is 2.39. The van der Waals surface area contributed by atoms with E-state index in [0.29, 0.717) is 31.0 Å². The highest BCUT2D eigenvalue weighted by Crippen LogP contribution is 2.29. The molecule has 266 valence electrons. The van der Waals surface area contributed by atoms with Crippen LogP contribution in [0.1, 0.15) is 37.7 Å². The van der Waals surface area contributed by atoms with E-state index in [9.17, 15) is 28.5 Å². The molecule has 2 N–H and O–H groups in total. The summed E-state index contributed by atoms with van der Waals surface area (Å²) in [6, 6.07) is 7.91. The molecule has 4 atom stereocenters. The smallest absolute Gasteiger partial charge is 0.410 e. The Morgan fingerprint density at radius 3 is 2.41 bits per heavy atom. The number of carbonyl (C=O) groups is 5. The van der Waals surface area contributed by atoms with E-state index in [1.807, 2.05) is 11.0 Å². The molecule has 0 saturated carbocycles. The molecule has 1 aromatic carbocycles. The number of hydrogen-bond donors (Lipinski definition) is 2. The molecule has 2 amide bonds. The second-order valence-corrected chi connectivity index (χ2v) is 12.5. The Bertz CT molecular complexity index is 1510. The van der Waals surface area contributed by atoms with E-state index in [2.05, 4.69) is 15.6 Å². The maximum absolute atomic E-state index is 14.1. The van der Waals surface area contributed by atoms with Crippen LogP contribution in [-0.2, 0) is 42.4 Å². The van der Waals surface area contributed by atoms with E-state index in [4.69, 9.17) is 28.5 Å². The minimum Gasteiger partial charge on any atom is -0.450 e. The number of Topliss-reactive ketones (excluding diaryl/α,β-unsaturated/α-hetero) is 1. The summed E-state index contributed by atoms with van der Waals surface area (Å²) >= 11 is 0. The van der Waals surface area contributed by atoms with Gasteiger partial charge in [-0.05, 0) is 13.3 Å². The van der Waals surface area contributed by atoms with E-state index in [1.54, 1.807) is 38.3 Å². The number of hydrogen-bond acceptors (Lipinski definition) is 15. The van der Waals surface area contributed by atoms with Crippen molar-refractivity contribution in [2.24, 2.45) is 0 Å². The SMILES string of the molecule is CCOC(=O)N1CCNCC1C(=O)C(C[PH](=O)OC(OC(C)=O)OC(C)=O)NC(=O)c1cc(N2CCC(OC)C2)nc(-c2ccccc2)n1. The molecule has 0 bridgehead atoms. The van der Waals surface area contributed by atoms with Gasteiger partial charge >= 0.3 is 24.5 Å². The van der Waals surface area contributed by atoms with Crippen molar-refractivity contribution >= 4 is 43.6 Å². The summed E-state index contributed by atoms with van der Waals surface area (Å²) in [5.74, 6) is -2.51. The Morgan fingerprint density at radius 2 is 1.78 bits per heavy atom. The molecule has 2 aromatic rings. The van der Waals surface area contributed by atoms with Crippen LogP contribution in [0.3, 0.4) is 0 Å². The van der Waals surface area contributed by atoms with Gasteiger partial charge in [0, 0.05) is 71.5 Å². The van der Waals surface area contributed by atoms with Crippen molar-refractivity contribution in [3.8, 4) is 11.4 Å². The summed E-state index contributed by atoms with van der Waals surface area (Å²) in [6.45, 7) is 3.51. The molecule has 49 heavy (non-hydrogen) atoms. The lowest BCUT2D eigenvalue weighted by Gasteiger charge is -2.36. The van der Waals surface area contributed by atoms with Crippen molar-refractivity contribution in [1.29, 1.82) is 0 Å². The number of esters is 2. The van der Waals surface area contributed by atoms with Gasteiger partial charge in [0.25, 0.3) is 5.91 Å². The quantitative estimate of drug-likeness (QED) is 0.162. The second kappa shape index (κ2) is 17.8. The molecule has 2 saturated heterocycles. The van der Waals surface area contributed by atoms with E-state index in [0.717, 1.165) is 20.3 Å². The Morgan fingerprint density at radius 1 is 1.06 bits per heavy atom. The number of anilines is 1. The Kier molecular flexibility index (Phi) is 13.6. The number of ketones is 1. The standard InChI is InChI=1S/C31H41N6O11P/c1-5-45-30(42)37-14-12-32-16-25(37)27(40)24(18-49(43)48-31(46-19(2)38)47-20(3)39)34-29(41)23-15-26(36-13-11-22(17-36)44-4)35-28(33-23)21-9-7-6-8-10-21/h6-10,15,22,24-25,31-32,49H,5,11-14,16-18H2,1-4H3,(H,34,41). The summed E-state index contributed by atoms with van der Waals surface area (Å²) in [4.78, 5) is 76.2. The molecule has 0 spiro atoms. The average molecular weight is 705 g/mol. The van der Waals surface area contributed by atoms with Crippen LogP contribution in [-0.4, -0.2) is 122 Å². The highest BCUT2D eigenvalue weighted by atomic mass is 31.1. The van der Waals surface area contributed by atoms with Crippen LogP contribution in [0, 0.1) is 0 Å². The van der Waals surface area contributed by atoms with Crippen molar-refractivity contribution in [3.05, 3.63) is 42.1 Å². The van der Waals surface area contributed by atoms with Gasteiger partial charge in [0.15, 0.2) is 11.6 Å². The molecule has 2 fully saturated rings. The van der Waals surface area contributed by atoms with Crippen LogP contribution in [0.5, 0.6) is 0 Å². The number of amides is 2. The Hall–Kier alpha value is -4.44. The van der Waals surface area contributed by atoms with Crippen LogP contribution in [0.15, 0.2) is 36.4 Å². The number of piperazine rings is 1. The lowest BCUT2D eigenvalue weighted by molar-refractivity contribution is -0.231. The molecule has 1 aromatic heterocycles. The number of carbonyl (C=O) groups excluding carboxylic acids is 5. The van der Waals surface area contributed by atoms with Crippen LogP contribution in [0.2, 0.25) is 0 Å². The zero-order valence-electron chi connectivity index (χ0n) is 27.7. The molecule has 4 rings (SSSR count). The maximum Gasteiger partial charge on any atom is 0.410 e. The summed E-state index contributed by atoms with van der Waals surface area (Å²) in [7, 11) is -1.74. The number of aromatic nitrogens is 2. The van der Waals surface area contributed by atoms with E-state index < -0.39 is 62.5 Å². The van der Waals surface area contributed by atoms with Gasteiger partial charge in [0.05, 0.1) is 18.8 Å². The first-order valence-corrected chi connectivity index (χ1v) is 17.3. The number of rotatable bonds is 14. The fourth-order valence-electron chi connectivity index (χ4n) is 5.29. The number of nitrogens with one attached hydrogen (secondary N) is 2. The van der Waals surface area contributed by atoms with Gasteiger partial charge in [-0.1, -0.05) is 30.3 Å². The normalized spacial score (nSPS) is 18.8. The number of nitrogens with zero attached hydrogens (tertiary/aromatic N) is 4. The number of benzene rings is 1. The van der Waals surface area contributed by atoms with Crippen molar-refractivity contribution < 1.29 is 52.0 Å². The van der Waals surface area contributed by atoms with Gasteiger partial charge in [-0.2, -0.15) is 0 Å². The first-order chi connectivity index (χ1) is 23.5. The van der Waals surface area contributed by atoms with E-state index >= 15 is 0 Å². The summed E-state index contributed by atoms with van der Waals surface area (Å²) in [6.07, 6.45) is -0.607. The number of methoxy groups -OCH3 is 1. The van der Waals surface area contributed by atoms with Crippen molar-refractivity contribution in [2.45, 2.75) is 51.9 Å². The largest absolute Gasteiger partial charge is 0.450 e. The van der Waals surface area contributed by atoms with Crippen LogP contribution in [0.25, 0.3) is 11.4 Å². The molecule has 18 heteroatoms. The molecular weight excluding hydrogens is 663 g/mol. The monoisotopic (exact) mass is 704 g/mol. The zero-order chi connectivity index (χ0) is 35.5. The third-order valence-electron chi connectivity index (χ3n) is 7.63. The first kappa shape index (κ1) is 37.4. The van der Waals surface area contributed by atoms with E-state index in [-0.39, 0.29) is 37.3 Å². The molecule has 0 aliphatic carbocycles. The second-order valence-electron chi connectivity index (χ2n) is 11.1. The van der Waals surface area contributed by atoms with Gasteiger partial charge in [-0.25, -0.2) is 14.8 Å². The van der Waals surface area contributed by atoms with Gasteiger partial charge in [0.2, 0.25) is 8.03 Å². The van der Waals surface area contributed by atoms with Gasteiger partial charge in [0.1, 0.15) is 17.6 Å². The first-order valence-electron chi connectivity index (χ1n) is 15.7. The van der Waals surface area contributed by atoms with E-state index in [1.165, 1.54) is 11.0 Å². The zero-order valence-corrected chi connectivity index (χ0v) is 28.7. The minimum absolute atomic E-state index is 0.0266. The topological polar surface area (TPSA) is 205 Å². The fourth-order valence-corrected chi connectivity index (χ4v) is 6.34. The summed E-state index contributed by atoms with van der Waals surface area (Å²) in [5.41, 5.74) is 0.567. The van der Waals surface area contributed by atoms with Crippen molar-refractivity contribution in [2.75, 3.05) is 57.5 Å². The molecule has 0 radical (unpaired) electrons. The van der Waals surface area contributed by atoms with Gasteiger partial charge < -0.3 is 34.5 Å². The molecule has 2 aliphatic rings. The summed E-state index contributed by atoms with van der Waals surface area (Å²) < 4.78 is 38.7. The molecule has 17 nitrogen and oxygen atoms in total. The minimum atomic E-state index is -3.36. The Labute approximate surface area is 283 Å². The molecule has 2 aliphatic heterocycles. The fraction of sp³-hybridized carbons (Fsp3) is 0.516. The van der Waals surface area contributed by atoms with Gasteiger partial charge in [-0.3, -0.25) is 33.2 Å². The number of ether oxygens (including phenoxy) is 4. The summed E-state index contributed by atoms with van der Waals surface area (Å²) in [5, 5.41) is 5.67. The van der Waals surface area contributed by atoms with Crippen LogP contribution < -0.4 is 15.5 Å². The third kappa shape index (κ3) is 10.5. The Balaban J connectivity index is 1.66. The lowest BCUT2D eigenvalue weighted by Crippen LogP contribution is -2.61. The predicted molar refractivity (Wildman–Crippen MR) is 174 cm³/mol. The molecule has 3 heterocycles.